The zero-order chi connectivity index (χ0) is 12.4. The largest absolute Gasteiger partial charge is 0.350 e. The number of nitrogens with zero attached hydrogens (tertiary/aromatic N) is 1. The van der Waals surface area contributed by atoms with E-state index in [0.717, 1.165) is 15.8 Å². The SMILES string of the molecule is O=C(NCc1cccnc1)c1cc2sccc2[nH]1. The Bertz CT molecular complexity index is 643. The molecule has 3 aromatic heterocycles. The number of H-pyrrole nitrogens is 1. The summed E-state index contributed by atoms with van der Waals surface area (Å²) in [6, 6.07) is 7.63. The monoisotopic (exact) mass is 257 g/mol. The van der Waals surface area contributed by atoms with E-state index in [1.807, 2.05) is 29.6 Å². The van der Waals surface area contributed by atoms with Crippen LogP contribution in [-0.4, -0.2) is 15.9 Å². The minimum atomic E-state index is -0.0951. The summed E-state index contributed by atoms with van der Waals surface area (Å²) in [5.74, 6) is -0.0951. The smallest absolute Gasteiger partial charge is 0.268 e. The standard InChI is InChI=1S/C13H11N3OS/c17-13(15-8-9-2-1-4-14-7-9)11-6-12-10(16-11)3-5-18-12/h1-7,16H,8H2,(H,15,17). The van der Waals surface area contributed by atoms with Crippen molar-refractivity contribution in [3.05, 3.63) is 53.3 Å². The van der Waals surface area contributed by atoms with Crippen LogP contribution in [0.2, 0.25) is 0 Å². The minimum absolute atomic E-state index is 0.0951. The molecule has 0 spiro atoms. The molecule has 0 aromatic carbocycles. The van der Waals surface area contributed by atoms with Crippen LogP contribution >= 0.6 is 11.3 Å². The van der Waals surface area contributed by atoms with Gasteiger partial charge in [-0.2, -0.15) is 0 Å². The summed E-state index contributed by atoms with van der Waals surface area (Å²) in [6.45, 7) is 0.485. The average Bonchev–Trinajstić information content (AvgIpc) is 2.98. The number of rotatable bonds is 3. The molecule has 0 radical (unpaired) electrons. The zero-order valence-electron chi connectivity index (χ0n) is 9.51. The molecule has 0 aliphatic heterocycles. The molecule has 0 unspecified atom stereocenters. The first kappa shape index (κ1) is 11.0. The van der Waals surface area contributed by atoms with Crippen molar-refractivity contribution < 1.29 is 4.79 Å². The van der Waals surface area contributed by atoms with Crippen LogP contribution in [-0.2, 0) is 6.54 Å². The highest BCUT2D eigenvalue weighted by atomic mass is 32.1. The van der Waals surface area contributed by atoms with Gasteiger partial charge in [0.25, 0.3) is 5.91 Å². The Hall–Kier alpha value is -2.14. The Morgan fingerprint density at radius 3 is 3.17 bits per heavy atom. The van der Waals surface area contributed by atoms with Crippen molar-refractivity contribution in [3.8, 4) is 0 Å². The van der Waals surface area contributed by atoms with E-state index in [1.54, 1.807) is 23.7 Å². The zero-order valence-corrected chi connectivity index (χ0v) is 10.3. The maximum Gasteiger partial charge on any atom is 0.268 e. The van der Waals surface area contributed by atoms with Crippen LogP contribution in [0, 0.1) is 0 Å². The maximum atomic E-state index is 11.9. The van der Waals surface area contributed by atoms with Crippen LogP contribution in [0.15, 0.2) is 42.0 Å². The predicted octanol–water partition coefficient (Wildman–Crippen LogP) is 2.55. The Labute approximate surface area is 108 Å². The molecule has 2 N–H and O–H groups in total. The molecule has 0 atom stereocenters. The summed E-state index contributed by atoms with van der Waals surface area (Å²) < 4.78 is 1.10. The second-order valence-electron chi connectivity index (χ2n) is 3.93. The number of hydrogen-bond acceptors (Lipinski definition) is 3. The molecule has 3 heterocycles. The number of amides is 1. The Morgan fingerprint density at radius 2 is 2.39 bits per heavy atom. The van der Waals surface area contributed by atoms with Crippen LogP contribution in [0.4, 0.5) is 0 Å². The van der Waals surface area contributed by atoms with E-state index in [4.69, 9.17) is 0 Å². The molecule has 0 saturated carbocycles. The number of carbonyl (C=O) groups is 1. The van der Waals surface area contributed by atoms with Crippen molar-refractivity contribution in [2.45, 2.75) is 6.54 Å². The lowest BCUT2D eigenvalue weighted by molar-refractivity contribution is 0.0946. The molecule has 1 amide bonds. The Kier molecular flexibility index (Phi) is 2.82. The van der Waals surface area contributed by atoms with Crippen molar-refractivity contribution in [3.63, 3.8) is 0 Å². The quantitative estimate of drug-likeness (QED) is 0.757. The molecule has 4 nitrogen and oxygen atoms in total. The Morgan fingerprint density at radius 1 is 1.44 bits per heavy atom. The van der Waals surface area contributed by atoms with E-state index in [-0.39, 0.29) is 5.91 Å². The number of fused-ring (bicyclic) bond motifs is 1. The third-order valence-electron chi connectivity index (χ3n) is 2.66. The highest BCUT2D eigenvalue weighted by Crippen LogP contribution is 2.21. The van der Waals surface area contributed by atoms with Crippen molar-refractivity contribution in [1.82, 2.24) is 15.3 Å². The molecule has 90 valence electrons. The molecular formula is C13H11N3OS. The van der Waals surface area contributed by atoms with Crippen molar-refractivity contribution in [2.75, 3.05) is 0 Å². The van der Waals surface area contributed by atoms with E-state index >= 15 is 0 Å². The van der Waals surface area contributed by atoms with Crippen LogP contribution < -0.4 is 5.32 Å². The highest BCUT2D eigenvalue weighted by molar-refractivity contribution is 7.17. The number of hydrogen-bond donors (Lipinski definition) is 2. The molecule has 0 saturated heterocycles. The topological polar surface area (TPSA) is 57.8 Å². The van der Waals surface area contributed by atoms with E-state index in [1.165, 1.54) is 0 Å². The average molecular weight is 257 g/mol. The first-order valence-electron chi connectivity index (χ1n) is 5.56. The maximum absolute atomic E-state index is 11.9. The molecule has 18 heavy (non-hydrogen) atoms. The molecule has 0 aliphatic carbocycles. The van der Waals surface area contributed by atoms with E-state index < -0.39 is 0 Å². The van der Waals surface area contributed by atoms with Crippen LogP contribution in [0.3, 0.4) is 0 Å². The van der Waals surface area contributed by atoms with Crippen molar-refractivity contribution >= 4 is 27.5 Å². The lowest BCUT2D eigenvalue weighted by atomic mass is 10.3. The van der Waals surface area contributed by atoms with Gasteiger partial charge in [-0.15, -0.1) is 11.3 Å². The van der Waals surface area contributed by atoms with E-state index in [9.17, 15) is 4.79 Å². The van der Waals surface area contributed by atoms with Crippen molar-refractivity contribution in [1.29, 1.82) is 0 Å². The van der Waals surface area contributed by atoms with Crippen LogP contribution in [0.25, 0.3) is 10.2 Å². The number of carbonyl (C=O) groups excluding carboxylic acids is 1. The number of pyridine rings is 1. The van der Waals surface area contributed by atoms with Gasteiger partial charge in [0.2, 0.25) is 0 Å². The normalized spacial score (nSPS) is 10.7. The highest BCUT2D eigenvalue weighted by Gasteiger charge is 2.09. The van der Waals surface area contributed by atoms with Gasteiger partial charge in [-0.05, 0) is 29.1 Å². The van der Waals surface area contributed by atoms with Crippen molar-refractivity contribution in [2.24, 2.45) is 0 Å². The predicted molar refractivity (Wildman–Crippen MR) is 71.6 cm³/mol. The summed E-state index contributed by atoms with van der Waals surface area (Å²) in [5, 5.41) is 4.86. The van der Waals surface area contributed by atoms with Gasteiger partial charge >= 0.3 is 0 Å². The second-order valence-corrected chi connectivity index (χ2v) is 4.87. The first-order valence-corrected chi connectivity index (χ1v) is 6.44. The fourth-order valence-corrected chi connectivity index (χ4v) is 2.53. The third kappa shape index (κ3) is 2.12. The van der Waals surface area contributed by atoms with E-state index in [2.05, 4.69) is 15.3 Å². The molecule has 3 rings (SSSR count). The van der Waals surface area contributed by atoms with Gasteiger partial charge in [0.05, 0.1) is 10.2 Å². The fraction of sp³-hybridized carbons (Fsp3) is 0.0769. The second kappa shape index (κ2) is 4.62. The van der Waals surface area contributed by atoms with Crippen LogP contribution in [0.5, 0.6) is 0 Å². The van der Waals surface area contributed by atoms with Gasteiger partial charge in [-0.25, -0.2) is 0 Å². The number of aromatic amines is 1. The molecule has 0 bridgehead atoms. The number of thiophene rings is 1. The van der Waals surface area contributed by atoms with Gasteiger partial charge < -0.3 is 10.3 Å². The fourth-order valence-electron chi connectivity index (χ4n) is 1.75. The van der Waals surface area contributed by atoms with Gasteiger partial charge in [-0.3, -0.25) is 9.78 Å². The minimum Gasteiger partial charge on any atom is -0.350 e. The summed E-state index contributed by atoms with van der Waals surface area (Å²) in [7, 11) is 0. The molecule has 0 fully saturated rings. The van der Waals surface area contributed by atoms with Gasteiger partial charge in [0, 0.05) is 18.9 Å². The van der Waals surface area contributed by atoms with Gasteiger partial charge in [0.15, 0.2) is 0 Å². The lowest BCUT2D eigenvalue weighted by Crippen LogP contribution is -2.23. The number of aromatic nitrogens is 2. The lowest BCUT2D eigenvalue weighted by Gasteiger charge is -2.02. The molecule has 0 aliphatic rings. The molecular weight excluding hydrogens is 246 g/mol. The third-order valence-corrected chi connectivity index (χ3v) is 3.52. The first-order chi connectivity index (χ1) is 8.83. The van der Waals surface area contributed by atoms with Crippen LogP contribution in [0.1, 0.15) is 16.1 Å². The van der Waals surface area contributed by atoms with E-state index in [0.29, 0.717) is 12.2 Å². The Balaban J connectivity index is 1.70. The van der Waals surface area contributed by atoms with Gasteiger partial charge in [-0.1, -0.05) is 6.07 Å². The summed E-state index contributed by atoms with van der Waals surface area (Å²) in [6.07, 6.45) is 3.46. The molecule has 5 heteroatoms. The summed E-state index contributed by atoms with van der Waals surface area (Å²) in [5.41, 5.74) is 2.59. The van der Waals surface area contributed by atoms with Gasteiger partial charge in [0.1, 0.15) is 5.69 Å². The molecule has 3 aromatic rings. The summed E-state index contributed by atoms with van der Waals surface area (Å²) >= 11 is 1.62. The number of nitrogens with one attached hydrogen (secondary N) is 2. The summed E-state index contributed by atoms with van der Waals surface area (Å²) in [4.78, 5) is 19.0.